The highest BCUT2D eigenvalue weighted by molar-refractivity contribution is 5.95. The van der Waals surface area contributed by atoms with E-state index in [0.29, 0.717) is 0 Å². The topological polar surface area (TPSA) is 62.6 Å². The number of likely N-dealkylation sites (tertiary alicyclic amines) is 1. The number of nitrogens with zero attached hydrogens (tertiary/aromatic N) is 1. The van der Waals surface area contributed by atoms with Gasteiger partial charge in [0, 0.05) is 13.1 Å². The van der Waals surface area contributed by atoms with Crippen molar-refractivity contribution < 1.29 is 14.0 Å². The predicted octanol–water partition coefficient (Wildman–Crippen LogP) is 1.41. The number of piperidine rings is 1. The molecule has 1 atom stereocenters. The van der Waals surface area contributed by atoms with Crippen molar-refractivity contribution in [2.24, 2.45) is 0 Å². The molecule has 1 aromatic rings. The van der Waals surface area contributed by atoms with Crippen LogP contribution in [-0.4, -0.2) is 35.8 Å². The Labute approximate surface area is 106 Å². The van der Waals surface area contributed by atoms with Gasteiger partial charge in [-0.1, -0.05) is 0 Å². The third-order valence-electron chi connectivity index (χ3n) is 3.13. The van der Waals surface area contributed by atoms with Crippen LogP contribution in [0.5, 0.6) is 0 Å². The van der Waals surface area contributed by atoms with Gasteiger partial charge >= 0.3 is 0 Å². The summed E-state index contributed by atoms with van der Waals surface area (Å²) in [6.07, 6.45) is 4.71. The van der Waals surface area contributed by atoms with E-state index < -0.39 is 6.04 Å². The zero-order valence-corrected chi connectivity index (χ0v) is 10.5. The van der Waals surface area contributed by atoms with Gasteiger partial charge in [-0.15, -0.1) is 0 Å². The van der Waals surface area contributed by atoms with E-state index in [2.05, 4.69) is 5.32 Å². The van der Waals surface area contributed by atoms with Gasteiger partial charge in [0.2, 0.25) is 5.91 Å². The summed E-state index contributed by atoms with van der Waals surface area (Å²) in [5.41, 5.74) is 0. The molecule has 98 valence electrons. The minimum absolute atomic E-state index is 0.0189. The first-order chi connectivity index (χ1) is 8.68. The van der Waals surface area contributed by atoms with Gasteiger partial charge in [-0.2, -0.15) is 0 Å². The Morgan fingerprint density at radius 3 is 2.67 bits per heavy atom. The average Bonchev–Trinajstić information content (AvgIpc) is 2.92. The van der Waals surface area contributed by atoms with Crippen LogP contribution in [0.15, 0.2) is 22.8 Å². The van der Waals surface area contributed by atoms with E-state index >= 15 is 0 Å². The molecule has 0 saturated carbocycles. The molecule has 0 radical (unpaired) electrons. The van der Waals surface area contributed by atoms with Crippen molar-refractivity contribution in [2.75, 3.05) is 13.1 Å². The van der Waals surface area contributed by atoms with E-state index in [0.717, 1.165) is 25.9 Å². The molecule has 0 aliphatic carbocycles. The molecule has 1 aromatic heterocycles. The van der Waals surface area contributed by atoms with E-state index in [1.165, 1.54) is 12.7 Å². The van der Waals surface area contributed by atoms with Gasteiger partial charge in [0.05, 0.1) is 6.26 Å². The van der Waals surface area contributed by atoms with Crippen LogP contribution in [0.25, 0.3) is 0 Å². The largest absolute Gasteiger partial charge is 0.459 e. The van der Waals surface area contributed by atoms with E-state index in [9.17, 15) is 9.59 Å². The van der Waals surface area contributed by atoms with Gasteiger partial charge in [0.25, 0.3) is 5.91 Å². The monoisotopic (exact) mass is 250 g/mol. The number of hydrogen-bond donors (Lipinski definition) is 1. The highest BCUT2D eigenvalue weighted by atomic mass is 16.3. The first-order valence-corrected chi connectivity index (χ1v) is 6.31. The van der Waals surface area contributed by atoms with Crippen LogP contribution in [0.1, 0.15) is 36.7 Å². The summed E-state index contributed by atoms with van der Waals surface area (Å²) >= 11 is 0. The second-order valence-electron chi connectivity index (χ2n) is 4.56. The maximum absolute atomic E-state index is 12.1. The zero-order chi connectivity index (χ0) is 13.0. The number of rotatable bonds is 3. The zero-order valence-electron chi connectivity index (χ0n) is 10.5. The standard InChI is InChI=1S/C13H18N2O3/c1-10(13(17)15-7-3-2-4-8-15)14-12(16)11-6-5-9-18-11/h5-6,9-10H,2-4,7-8H2,1H3,(H,14,16)/t10-/m1/s1. The molecule has 1 aliphatic rings. The van der Waals surface area contributed by atoms with E-state index in [-0.39, 0.29) is 17.6 Å². The summed E-state index contributed by atoms with van der Waals surface area (Å²) in [6, 6.07) is 2.71. The minimum Gasteiger partial charge on any atom is -0.459 e. The lowest BCUT2D eigenvalue weighted by Gasteiger charge is -2.29. The molecule has 1 saturated heterocycles. The quantitative estimate of drug-likeness (QED) is 0.882. The minimum atomic E-state index is -0.513. The number of amides is 2. The van der Waals surface area contributed by atoms with Gasteiger partial charge < -0.3 is 14.6 Å². The molecule has 2 amide bonds. The summed E-state index contributed by atoms with van der Waals surface area (Å²) in [6.45, 7) is 3.29. The Bertz CT molecular complexity index is 408. The first-order valence-electron chi connectivity index (χ1n) is 6.31. The molecular weight excluding hydrogens is 232 g/mol. The Hall–Kier alpha value is -1.78. The van der Waals surface area contributed by atoms with E-state index in [4.69, 9.17) is 4.42 Å². The molecule has 1 N–H and O–H groups in total. The van der Waals surface area contributed by atoms with Gasteiger partial charge in [0.15, 0.2) is 5.76 Å². The molecule has 2 rings (SSSR count). The third kappa shape index (κ3) is 2.91. The molecular formula is C13H18N2O3. The SMILES string of the molecule is C[C@@H](NC(=O)c1ccco1)C(=O)N1CCCCC1. The molecule has 2 heterocycles. The second kappa shape index (κ2) is 5.71. The van der Waals surface area contributed by atoms with Gasteiger partial charge in [-0.25, -0.2) is 0 Å². The number of nitrogens with one attached hydrogen (secondary N) is 1. The highest BCUT2D eigenvalue weighted by Gasteiger charge is 2.24. The Morgan fingerprint density at radius 1 is 1.33 bits per heavy atom. The lowest BCUT2D eigenvalue weighted by atomic mass is 10.1. The van der Waals surface area contributed by atoms with Crippen LogP contribution >= 0.6 is 0 Å². The van der Waals surface area contributed by atoms with Crippen molar-refractivity contribution in [3.63, 3.8) is 0 Å². The van der Waals surface area contributed by atoms with Crippen molar-refractivity contribution in [3.05, 3.63) is 24.2 Å². The summed E-state index contributed by atoms with van der Waals surface area (Å²) in [4.78, 5) is 25.6. The molecule has 0 bridgehead atoms. The Kier molecular flexibility index (Phi) is 4.02. The molecule has 18 heavy (non-hydrogen) atoms. The Morgan fingerprint density at radius 2 is 2.06 bits per heavy atom. The maximum Gasteiger partial charge on any atom is 0.287 e. The van der Waals surface area contributed by atoms with Crippen molar-refractivity contribution in [3.8, 4) is 0 Å². The summed E-state index contributed by atoms with van der Waals surface area (Å²) in [5.74, 6) is -0.138. The van der Waals surface area contributed by atoms with Crippen LogP contribution < -0.4 is 5.32 Å². The van der Waals surface area contributed by atoms with Gasteiger partial charge in [0.1, 0.15) is 6.04 Å². The summed E-state index contributed by atoms with van der Waals surface area (Å²) in [5, 5.41) is 2.66. The first kappa shape index (κ1) is 12.7. The van der Waals surface area contributed by atoms with Crippen molar-refractivity contribution >= 4 is 11.8 Å². The van der Waals surface area contributed by atoms with Crippen molar-refractivity contribution in [2.45, 2.75) is 32.2 Å². The van der Waals surface area contributed by atoms with Crippen molar-refractivity contribution in [1.82, 2.24) is 10.2 Å². The second-order valence-corrected chi connectivity index (χ2v) is 4.56. The normalized spacial score (nSPS) is 17.3. The van der Waals surface area contributed by atoms with Crippen LogP contribution in [-0.2, 0) is 4.79 Å². The number of hydrogen-bond acceptors (Lipinski definition) is 3. The predicted molar refractivity (Wildman–Crippen MR) is 66.1 cm³/mol. The number of furan rings is 1. The molecule has 0 aromatic carbocycles. The van der Waals surface area contributed by atoms with E-state index in [1.807, 2.05) is 4.90 Å². The molecule has 0 spiro atoms. The fraction of sp³-hybridized carbons (Fsp3) is 0.538. The lowest BCUT2D eigenvalue weighted by Crippen LogP contribution is -2.48. The summed E-state index contributed by atoms with van der Waals surface area (Å²) in [7, 11) is 0. The van der Waals surface area contributed by atoms with Crippen molar-refractivity contribution in [1.29, 1.82) is 0 Å². The molecule has 5 heteroatoms. The average molecular weight is 250 g/mol. The number of carbonyl (C=O) groups is 2. The van der Waals surface area contributed by atoms with Crippen LogP contribution in [0.3, 0.4) is 0 Å². The van der Waals surface area contributed by atoms with Crippen LogP contribution in [0, 0.1) is 0 Å². The number of carbonyl (C=O) groups excluding carboxylic acids is 2. The summed E-state index contributed by atoms with van der Waals surface area (Å²) < 4.78 is 4.98. The van der Waals surface area contributed by atoms with Gasteiger partial charge in [-0.3, -0.25) is 9.59 Å². The fourth-order valence-electron chi connectivity index (χ4n) is 2.13. The Balaban J connectivity index is 1.88. The molecule has 1 fully saturated rings. The lowest BCUT2D eigenvalue weighted by molar-refractivity contribution is -0.133. The fourth-order valence-corrected chi connectivity index (χ4v) is 2.13. The molecule has 5 nitrogen and oxygen atoms in total. The smallest absolute Gasteiger partial charge is 0.287 e. The maximum atomic E-state index is 12.1. The highest BCUT2D eigenvalue weighted by Crippen LogP contribution is 2.10. The van der Waals surface area contributed by atoms with Crippen LogP contribution in [0.2, 0.25) is 0 Å². The van der Waals surface area contributed by atoms with E-state index in [1.54, 1.807) is 19.1 Å². The van der Waals surface area contributed by atoms with Gasteiger partial charge in [-0.05, 0) is 38.3 Å². The molecule has 1 aliphatic heterocycles. The van der Waals surface area contributed by atoms with Crippen LogP contribution in [0.4, 0.5) is 0 Å². The molecule has 0 unspecified atom stereocenters. The third-order valence-corrected chi connectivity index (χ3v) is 3.13.